The lowest BCUT2D eigenvalue weighted by atomic mass is 10.0. The summed E-state index contributed by atoms with van der Waals surface area (Å²) < 4.78 is 11.4. The number of aliphatic imine (C=N–C) groups is 1. The maximum atomic E-state index is 5.74. The van der Waals surface area contributed by atoms with Crippen LogP contribution in [-0.4, -0.2) is 56.8 Å². The third kappa shape index (κ3) is 7.45. The lowest BCUT2D eigenvalue weighted by molar-refractivity contribution is 0.198. The molecule has 2 aromatic carbocycles. The van der Waals surface area contributed by atoms with Crippen molar-refractivity contribution in [1.82, 2.24) is 15.5 Å². The molecule has 0 aromatic heterocycles. The summed E-state index contributed by atoms with van der Waals surface area (Å²) in [5.41, 5.74) is 2.60. The first-order valence-corrected chi connectivity index (χ1v) is 11.8. The Morgan fingerprint density at radius 1 is 0.969 bits per heavy atom. The van der Waals surface area contributed by atoms with Gasteiger partial charge in [-0.15, -0.1) is 0 Å². The number of guanidine groups is 1. The lowest BCUT2D eigenvalue weighted by Crippen LogP contribution is -2.48. The van der Waals surface area contributed by atoms with Crippen molar-refractivity contribution in [2.45, 2.75) is 45.7 Å². The fraction of sp³-hybridized carbons (Fsp3) is 0.500. The van der Waals surface area contributed by atoms with Gasteiger partial charge in [-0.2, -0.15) is 0 Å². The standard InChI is InChI=1S/C26H38N4O2/c1-4-31-24-12-11-21(19-25(24)32-5-2)13-16-28-26(27-3)29-23-14-17-30(18-15-23)20-22-9-7-6-8-10-22/h6-12,19,23H,4-5,13-18,20H2,1-3H3,(H2,27,28,29). The third-order valence-corrected chi connectivity index (χ3v) is 5.71. The highest BCUT2D eigenvalue weighted by molar-refractivity contribution is 5.79. The van der Waals surface area contributed by atoms with Gasteiger partial charge in [0.25, 0.3) is 0 Å². The van der Waals surface area contributed by atoms with Gasteiger partial charge >= 0.3 is 0 Å². The van der Waals surface area contributed by atoms with Crippen molar-refractivity contribution in [3.63, 3.8) is 0 Å². The predicted molar refractivity (Wildman–Crippen MR) is 132 cm³/mol. The van der Waals surface area contributed by atoms with Gasteiger partial charge in [0, 0.05) is 39.3 Å². The molecular weight excluding hydrogens is 400 g/mol. The number of benzene rings is 2. The van der Waals surface area contributed by atoms with Crippen molar-refractivity contribution in [1.29, 1.82) is 0 Å². The van der Waals surface area contributed by atoms with Crippen LogP contribution in [0.4, 0.5) is 0 Å². The highest BCUT2D eigenvalue weighted by Gasteiger charge is 2.20. The number of rotatable bonds is 10. The van der Waals surface area contributed by atoms with Crippen LogP contribution in [0.25, 0.3) is 0 Å². The number of piperidine rings is 1. The van der Waals surface area contributed by atoms with E-state index in [0.29, 0.717) is 19.3 Å². The van der Waals surface area contributed by atoms with Gasteiger partial charge in [-0.3, -0.25) is 9.89 Å². The molecule has 32 heavy (non-hydrogen) atoms. The summed E-state index contributed by atoms with van der Waals surface area (Å²) in [6, 6.07) is 17.4. The molecule has 0 bridgehead atoms. The zero-order valence-electron chi connectivity index (χ0n) is 19.8. The molecule has 0 atom stereocenters. The van der Waals surface area contributed by atoms with E-state index in [2.05, 4.69) is 63.0 Å². The van der Waals surface area contributed by atoms with Crippen LogP contribution in [0.5, 0.6) is 11.5 Å². The zero-order valence-corrected chi connectivity index (χ0v) is 19.8. The molecule has 1 aliphatic heterocycles. The Hall–Kier alpha value is -2.73. The number of nitrogens with one attached hydrogen (secondary N) is 2. The van der Waals surface area contributed by atoms with E-state index in [4.69, 9.17) is 9.47 Å². The normalized spacial score (nSPS) is 15.4. The van der Waals surface area contributed by atoms with Gasteiger partial charge in [0.1, 0.15) is 0 Å². The van der Waals surface area contributed by atoms with Crippen molar-refractivity contribution in [3.8, 4) is 11.5 Å². The number of ether oxygens (including phenoxy) is 2. The average molecular weight is 439 g/mol. The number of hydrogen-bond acceptors (Lipinski definition) is 4. The van der Waals surface area contributed by atoms with E-state index in [1.807, 2.05) is 27.0 Å². The molecule has 0 radical (unpaired) electrons. The Morgan fingerprint density at radius 3 is 2.38 bits per heavy atom. The Balaban J connectivity index is 1.41. The molecule has 2 N–H and O–H groups in total. The minimum atomic E-state index is 0.461. The molecule has 3 rings (SSSR count). The van der Waals surface area contributed by atoms with E-state index >= 15 is 0 Å². The molecule has 0 spiro atoms. The van der Waals surface area contributed by atoms with Crippen molar-refractivity contribution in [2.75, 3.05) is 39.9 Å². The molecule has 0 saturated carbocycles. The van der Waals surface area contributed by atoms with E-state index in [0.717, 1.165) is 62.9 Å². The van der Waals surface area contributed by atoms with E-state index in [1.54, 1.807) is 0 Å². The molecular formula is C26H38N4O2. The molecule has 1 saturated heterocycles. The van der Waals surface area contributed by atoms with Gasteiger partial charge in [0.2, 0.25) is 0 Å². The molecule has 0 aliphatic carbocycles. The van der Waals surface area contributed by atoms with Crippen LogP contribution >= 0.6 is 0 Å². The molecule has 0 amide bonds. The molecule has 174 valence electrons. The number of nitrogens with zero attached hydrogens (tertiary/aromatic N) is 2. The summed E-state index contributed by atoms with van der Waals surface area (Å²) in [4.78, 5) is 6.95. The van der Waals surface area contributed by atoms with Gasteiger partial charge in [0.15, 0.2) is 17.5 Å². The highest BCUT2D eigenvalue weighted by Crippen LogP contribution is 2.28. The zero-order chi connectivity index (χ0) is 22.6. The van der Waals surface area contributed by atoms with Crippen LogP contribution in [0.1, 0.15) is 37.8 Å². The summed E-state index contributed by atoms with van der Waals surface area (Å²) in [5, 5.41) is 7.06. The maximum Gasteiger partial charge on any atom is 0.191 e. The summed E-state index contributed by atoms with van der Waals surface area (Å²) in [7, 11) is 1.84. The van der Waals surface area contributed by atoms with E-state index in [9.17, 15) is 0 Å². The van der Waals surface area contributed by atoms with Crippen LogP contribution in [0.2, 0.25) is 0 Å². The van der Waals surface area contributed by atoms with Gasteiger partial charge in [-0.1, -0.05) is 36.4 Å². The Labute approximate surface area is 193 Å². The predicted octanol–water partition coefficient (Wildman–Crippen LogP) is 3.86. The topological polar surface area (TPSA) is 58.1 Å². The van der Waals surface area contributed by atoms with Crippen molar-refractivity contribution in [2.24, 2.45) is 4.99 Å². The van der Waals surface area contributed by atoms with Crippen LogP contribution in [-0.2, 0) is 13.0 Å². The van der Waals surface area contributed by atoms with E-state index in [1.165, 1.54) is 11.1 Å². The van der Waals surface area contributed by atoms with Gasteiger partial charge < -0.3 is 20.1 Å². The average Bonchev–Trinajstić information content (AvgIpc) is 2.82. The molecule has 0 unspecified atom stereocenters. The highest BCUT2D eigenvalue weighted by atomic mass is 16.5. The number of hydrogen-bond donors (Lipinski definition) is 2. The summed E-state index contributed by atoms with van der Waals surface area (Å²) in [6.07, 6.45) is 3.15. The first-order valence-electron chi connectivity index (χ1n) is 11.8. The molecule has 1 heterocycles. The largest absolute Gasteiger partial charge is 0.490 e. The van der Waals surface area contributed by atoms with Crippen LogP contribution in [0, 0.1) is 0 Å². The monoisotopic (exact) mass is 438 g/mol. The fourth-order valence-electron chi connectivity index (χ4n) is 4.04. The summed E-state index contributed by atoms with van der Waals surface area (Å²) in [6.45, 7) is 9.30. The smallest absolute Gasteiger partial charge is 0.191 e. The summed E-state index contributed by atoms with van der Waals surface area (Å²) >= 11 is 0. The molecule has 2 aromatic rings. The number of likely N-dealkylation sites (tertiary alicyclic amines) is 1. The fourth-order valence-corrected chi connectivity index (χ4v) is 4.04. The lowest BCUT2D eigenvalue weighted by Gasteiger charge is -2.33. The van der Waals surface area contributed by atoms with Crippen LogP contribution in [0.3, 0.4) is 0 Å². The Bertz CT molecular complexity index is 833. The van der Waals surface area contributed by atoms with Crippen molar-refractivity contribution in [3.05, 3.63) is 59.7 Å². The molecule has 6 nitrogen and oxygen atoms in total. The first-order chi connectivity index (χ1) is 15.7. The minimum absolute atomic E-state index is 0.461. The first kappa shape index (κ1) is 23.9. The SMILES string of the molecule is CCOc1ccc(CCNC(=NC)NC2CCN(Cc3ccccc3)CC2)cc1OCC. The second-order valence-corrected chi connectivity index (χ2v) is 8.08. The van der Waals surface area contributed by atoms with Gasteiger partial charge in [-0.05, 0) is 56.4 Å². The maximum absolute atomic E-state index is 5.74. The minimum Gasteiger partial charge on any atom is -0.490 e. The summed E-state index contributed by atoms with van der Waals surface area (Å²) in [5.74, 6) is 2.50. The molecule has 6 heteroatoms. The van der Waals surface area contributed by atoms with Gasteiger partial charge in [-0.25, -0.2) is 0 Å². The van der Waals surface area contributed by atoms with Crippen molar-refractivity contribution >= 4 is 5.96 Å². The molecule has 1 fully saturated rings. The third-order valence-electron chi connectivity index (χ3n) is 5.71. The van der Waals surface area contributed by atoms with Crippen molar-refractivity contribution < 1.29 is 9.47 Å². The second kappa shape index (κ2) is 13.0. The Kier molecular flexibility index (Phi) is 9.69. The van der Waals surface area contributed by atoms with Gasteiger partial charge in [0.05, 0.1) is 13.2 Å². The van der Waals surface area contributed by atoms with E-state index < -0.39 is 0 Å². The quantitative estimate of drug-likeness (QED) is 0.436. The van der Waals surface area contributed by atoms with E-state index in [-0.39, 0.29) is 0 Å². The van der Waals surface area contributed by atoms with Crippen LogP contribution in [0.15, 0.2) is 53.5 Å². The van der Waals surface area contributed by atoms with Crippen LogP contribution < -0.4 is 20.1 Å². The Morgan fingerprint density at radius 2 is 1.69 bits per heavy atom. The molecule has 1 aliphatic rings. The second-order valence-electron chi connectivity index (χ2n) is 8.08.